The van der Waals surface area contributed by atoms with Gasteiger partial charge in [-0.15, -0.1) is 13.2 Å². The van der Waals surface area contributed by atoms with E-state index in [0.29, 0.717) is 13.2 Å². The molecule has 0 aliphatic heterocycles. The molecule has 0 fully saturated rings. The molecule has 0 bridgehead atoms. The third kappa shape index (κ3) is 5.83. The fourth-order valence-corrected chi connectivity index (χ4v) is 0.839. The van der Waals surface area contributed by atoms with Crippen LogP contribution in [0.5, 0.6) is 0 Å². The topological polar surface area (TPSA) is 35.2 Å². The minimum absolute atomic E-state index is 0.216. The SMILES string of the molecule is C=CCC(CC=C)OCCN. The van der Waals surface area contributed by atoms with E-state index in [1.807, 2.05) is 12.2 Å². The molecule has 0 atom stereocenters. The maximum Gasteiger partial charge on any atom is 0.0644 e. The van der Waals surface area contributed by atoms with Crippen molar-refractivity contribution in [1.29, 1.82) is 0 Å². The van der Waals surface area contributed by atoms with Crippen LogP contribution in [-0.2, 0) is 4.74 Å². The molecular formula is C9H17NO. The van der Waals surface area contributed by atoms with E-state index >= 15 is 0 Å². The minimum atomic E-state index is 0.216. The van der Waals surface area contributed by atoms with E-state index in [9.17, 15) is 0 Å². The average Bonchev–Trinajstić information content (AvgIpc) is 2.01. The summed E-state index contributed by atoms with van der Waals surface area (Å²) in [5.74, 6) is 0. The summed E-state index contributed by atoms with van der Waals surface area (Å²) in [5.41, 5.74) is 5.29. The van der Waals surface area contributed by atoms with Crippen LogP contribution in [-0.4, -0.2) is 19.3 Å². The van der Waals surface area contributed by atoms with Crippen LogP contribution in [0.3, 0.4) is 0 Å². The van der Waals surface area contributed by atoms with Crippen molar-refractivity contribution in [3.05, 3.63) is 25.3 Å². The molecule has 2 nitrogen and oxygen atoms in total. The van der Waals surface area contributed by atoms with Crippen LogP contribution in [0, 0.1) is 0 Å². The highest BCUT2D eigenvalue weighted by molar-refractivity contribution is 4.80. The van der Waals surface area contributed by atoms with Crippen molar-refractivity contribution in [2.75, 3.05) is 13.2 Å². The highest BCUT2D eigenvalue weighted by Gasteiger charge is 2.02. The highest BCUT2D eigenvalue weighted by Crippen LogP contribution is 2.04. The van der Waals surface area contributed by atoms with Crippen LogP contribution in [0.15, 0.2) is 25.3 Å². The van der Waals surface area contributed by atoms with Gasteiger partial charge in [0.15, 0.2) is 0 Å². The van der Waals surface area contributed by atoms with Gasteiger partial charge < -0.3 is 10.5 Å². The van der Waals surface area contributed by atoms with Gasteiger partial charge in [0.05, 0.1) is 12.7 Å². The molecule has 64 valence electrons. The summed E-state index contributed by atoms with van der Waals surface area (Å²) >= 11 is 0. The summed E-state index contributed by atoms with van der Waals surface area (Å²) in [6, 6.07) is 0. The second-order valence-electron chi connectivity index (χ2n) is 2.33. The average molecular weight is 155 g/mol. The van der Waals surface area contributed by atoms with E-state index < -0.39 is 0 Å². The van der Waals surface area contributed by atoms with Crippen LogP contribution < -0.4 is 5.73 Å². The van der Waals surface area contributed by atoms with E-state index in [0.717, 1.165) is 12.8 Å². The first-order valence-electron chi connectivity index (χ1n) is 3.88. The number of hydrogen-bond acceptors (Lipinski definition) is 2. The maximum atomic E-state index is 5.40. The normalized spacial score (nSPS) is 10.0. The van der Waals surface area contributed by atoms with Gasteiger partial charge in [0.2, 0.25) is 0 Å². The van der Waals surface area contributed by atoms with Gasteiger partial charge in [-0.2, -0.15) is 0 Å². The minimum Gasteiger partial charge on any atom is -0.376 e. The lowest BCUT2D eigenvalue weighted by atomic mass is 10.2. The number of rotatable bonds is 7. The van der Waals surface area contributed by atoms with E-state index in [1.54, 1.807) is 0 Å². The van der Waals surface area contributed by atoms with Crippen LogP contribution in [0.4, 0.5) is 0 Å². The Labute approximate surface area is 68.7 Å². The number of nitrogens with two attached hydrogens (primary N) is 1. The summed E-state index contributed by atoms with van der Waals surface area (Å²) in [6.45, 7) is 8.48. The Balaban J connectivity index is 3.49. The second kappa shape index (κ2) is 7.51. The van der Waals surface area contributed by atoms with Crippen LogP contribution in [0.2, 0.25) is 0 Å². The molecule has 2 heteroatoms. The van der Waals surface area contributed by atoms with Crippen molar-refractivity contribution in [2.45, 2.75) is 18.9 Å². The molecule has 0 spiro atoms. The van der Waals surface area contributed by atoms with Gasteiger partial charge in [-0.25, -0.2) is 0 Å². The third-order valence-electron chi connectivity index (χ3n) is 1.33. The fourth-order valence-electron chi connectivity index (χ4n) is 0.839. The Morgan fingerprint density at radius 1 is 1.27 bits per heavy atom. The van der Waals surface area contributed by atoms with Crippen LogP contribution in [0.1, 0.15) is 12.8 Å². The molecular weight excluding hydrogens is 138 g/mol. The van der Waals surface area contributed by atoms with Crippen molar-refractivity contribution < 1.29 is 4.74 Å². The van der Waals surface area contributed by atoms with Crippen LogP contribution in [0.25, 0.3) is 0 Å². The molecule has 0 unspecified atom stereocenters. The molecule has 0 aromatic carbocycles. The van der Waals surface area contributed by atoms with Gasteiger partial charge in [-0.05, 0) is 12.8 Å². The van der Waals surface area contributed by atoms with Gasteiger partial charge in [-0.3, -0.25) is 0 Å². The van der Waals surface area contributed by atoms with Crippen molar-refractivity contribution in [3.63, 3.8) is 0 Å². The van der Waals surface area contributed by atoms with E-state index in [4.69, 9.17) is 10.5 Å². The van der Waals surface area contributed by atoms with Gasteiger partial charge in [-0.1, -0.05) is 12.2 Å². The summed E-state index contributed by atoms with van der Waals surface area (Å²) in [7, 11) is 0. The lowest BCUT2D eigenvalue weighted by Gasteiger charge is -2.12. The second-order valence-corrected chi connectivity index (χ2v) is 2.33. The molecule has 0 amide bonds. The molecule has 0 rings (SSSR count). The molecule has 0 radical (unpaired) electrons. The molecule has 0 saturated carbocycles. The first-order valence-corrected chi connectivity index (χ1v) is 3.88. The Kier molecular flexibility index (Phi) is 7.10. The zero-order valence-corrected chi connectivity index (χ0v) is 6.96. The molecule has 0 saturated heterocycles. The predicted molar refractivity (Wildman–Crippen MR) is 48.4 cm³/mol. The van der Waals surface area contributed by atoms with Crippen molar-refractivity contribution in [3.8, 4) is 0 Å². The molecule has 0 heterocycles. The molecule has 2 N–H and O–H groups in total. The van der Waals surface area contributed by atoms with Gasteiger partial charge in [0.25, 0.3) is 0 Å². The smallest absolute Gasteiger partial charge is 0.0644 e. The predicted octanol–water partition coefficient (Wildman–Crippen LogP) is 1.48. The molecule has 0 aliphatic rings. The van der Waals surface area contributed by atoms with E-state index in [1.165, 1.54) is 0 Å². The molecule has 0 aromatic heterocycles. The largest absolute Gasteiger partial charge is 0.376 e. The molecule has 11 heavy (non-hydrogen) atoms. The maximum absolute atomic E-state index is 5.40. The number of ether oxygens (including phenoxy) is 1. The Morgan fingerprint density at radius 3 is 2.18 bits per heavy atom. The van der Waals surface area contributed by atoms with E-state index in [2.05, 4.69) is 13.2 Å². The van der Waals surface area contributed by atoms with E-state index in [-0.39, 0.29) is 6.10 Å². The van der Waals surface area contributed by atoms with Crippen molar-refractivity contribution in [2.24, 2.45) is 5.73 Å². The quantitative estimate of drug-likeness (QED) is 0.565. The van der Waals surface area contributed by atoms with Crippen molar-refractivity contribution in [1.82, 2.24) is 0 Å². The Morgan fingerprint density at radius 2 is 1.82 bits per heavy atom. The number of hydrogen-bond donors (Lipinski definition) is 1. The van der Waals surface area contributed by atoms with Crippen molar-refractivity contribution >= 4 is 0 Å². The first kappa shape index (κ1) is 10.4. The monoisotopic (exact) mass is 155 g/mol. The molecule has 0 aromatic rings. The third-order valence-corrected chi connectivity index (χ3v) is 1.33. The summed E-state index contributed by atoms with van der Waals surface area (Å²) in [5, 5.41) is 0. The lowest BCUT2D eigenvalue weighted by molar-refractivity contribution is 0.0632. The lowest BCUT2D eigenvalue weighted by Crippen LogP contribution is -2.17. The zero-order chi connectivity index (χ0) is 8.53. The van der Waals surface area contributed by atoms with Gasteiger partial charge >= 0.3 is 0 Å². The Bertz CT molecular complexity index is 102. The first-order chi connectivity index (χ1) is 5.35. The fraction of sp³-hybridized carbons (Fsp3) is 0.556. The Hall–Kier alpha value is -0.600. The summed E-state index contributed by atoms with van der Waals surface area (Å²) < 4.78 is 5.40. The zero-order valence-electron chi connectivity index (χ0n) is 6.96. The molecule has 0 aliphatic carbocycles. The standard InChI is InChI=1S/C9H17NO/c1-3-5-9(6-4-2)11-8-7-10/h3-4,9H,1-2,5-8,10H2. The van der Waals surface area contributed by atoms with Gasteiger partial charge in [0.1, 0.15) is 0 Å². The highest BCUT2D eigenvalue weighted by atomic mass is 16.5. The summed E-state index contributed by atoms with van der Waals surface area (Å²) in [4.78, 5) is 0. The van der Waals surface area contributed by atoms with Gasteiger partial charge in [0, 0.05) is 6.54 Å². The summed E-state index contributed by atoms with van der Waals surface area (Å²) in [6.07, 6.45) is 5.65. The van der Waals surface area contributed by atoms with Crippen LogP contribution >= 0.6 is 0 Å².